The van der Waals surface area contributed by atoms with Crippen molar-refractivity contribution in [1.82, 2.24) is 4.98 Å². The van der Waals surface area contributed by atoms with Crippen LogP contribution in [0.4, 0.5) is 4.39 Å². The van der Waals surface area contributed by atoms with Gasteiger partial charge in [0.05, 0.1) is 18.2 Å². The number of hydrogen-bond donors (Lipinski definition) is 0. The topological polar surface area (TPSA) is 45.9 Å². The number of aryl methyl sites for hydroxylation is 1. The zero-order chi connectivity index (χ0) is 13.7. The van der Waals surface area contributed by atoms with Crippen LogP contribution in [-0.4, -0.2) is 4.98 Å². The van der Waals surface area contributed by atoms with E-state index >= 15 is 0 Å². The maximum atomic E-state index is 12.7. The van der Waals surface area contributed by atoms with E-state index in [9.17, 15) is 4.39 Å². The fraction of sp³-hybridized carbons (Fsp3) is 0.286. The summed E-state index contributed by atoms with van der Waals surface area (Å²) in [5, 5.41) is 9.58. The third-order valence-electron chi connectivity index (χ3n) is 2.57. The number of thiazole rings is 1. The quantitative estimate of drug-likeness (QED) is 0.839. The molecular formula is C14H13FN2OS. The van der Waals surface area contributed by atoms with Crippen LogP contribution in [0, 0.1) is 17.1 Å². The van der Waals surface area contributed by atoms with Gasteiger partial charge in [0.1, 0.15) is 23.2 Å². The van der Waals surface area contributed by atoms with Crippen LogP contribution in [0.3, 0.4) is 0 Å². The Morgan fingerprint density at radius 3 is 2.74 bits per heavy atom. The molecule has 0 saturated carbocycles. The Balaban J connectivity index is 2.03. The molecule has 1 heterocycles. The fourth-order valence-electron chi connectivity index (χ4n) is 1.66. The van der Waals surface area contributed by atoms with Crippen LogP contribution in [0.5, 0.6) is 5.75 Å². The molecule has 0 radical (unpaired) electrons. The molecular weight excluding hydrogens is 263 g/mol. The summed E-state index contributed by atoms with van der Waals surface area (Å²) in [6.45, 7) is 2.36. The molecule has 0 spiro atoms. The fourth-order valence-corrected chi connectivity index (χ4v) is 2.66. The number of aromatic nitrogens is 1. The molecule has 0 aliphatic carbocycles. The molecule has 1 aromatic heterocycles. The van der Waals surface area contributed by atoms with Gasteiger partial charge in [0.2, 0.25) is 0 Å². The summed E-state index contributed by atoms with van der Waals surface area (Å²) < 4.78 is 18.3. The SMILES string of the molecule is CCc1nc(COc2ccc(F)cc2)sc1CC#N. The Hall–Kier alpha value is -1.93. The molecule has 0 bridgehead atoms. The lowest BCUT2D eigenvalue weighted by atomic mass is 10.2. The summed E-state index contributed by atoms with van der Waals surface area (Å²) in [5.41, 5.74) is 0.962. The van der Waals surface area contributed by atoms with Crippen molar-refractivity contribution in [3.8, 4) is 11.8 Å². The summed E-state index contributed by atoms with van der Waals surface area (Å²) in [4.78, 5) is 5.45. The van der Waals surface area contributed by atoms with Crippen molar-refractivity contribution >= 4 is 11.3 Å². The minimum Gasteiger partial charge on any atom is -0.486 e. The average molecular weight is 276 g/mol. The van der Waals surface area contributed by atoms with Gasteiger partial charge in [-0.3, -0.25) is 0 Å². The van der Waals surface area contributed by atoms with Gasteiger partial charge in [-0.1, -0.05) is 6.92 Å². The van der Waals surface area contributed by atoms with E-state index in [0.29, 0.717) is 18.8 Å². The minimum absolute atomic E-state index is 0.286. The molecule has 2 aromatic rings. The number of hydrogen-bond acceptors (Lipinski definition) is 4. The largest absolute Gasteiger partial charge is 0.486 e. The van der Waals surface area contributed by atoms with E-state index in [1.54, 1.807) is 12.1 Å². The van der Waals surface area contributed by atoms with E-state index in [-0.39, 0.29) is 5.82 Å². The van der Waals surface area contributed by atoms with Crippen molar-refractivity contribution in [3.05, 3.63) is 45.7 Å². The van der Waals surface area contributed by atoms with Crippen molar-refractivity contribution in [3.63, 3.8) is 0 Å². The second-order valence-electron chi connectivity index (χ2n) is 3.91. The number of rotatable bonds is 5. The monoisotopic (exact) mass is 276 g/mol. The molecule has 1 aromatic carbocycles. The van der Waals surface area contributed by atoms with Gasteiger partial charge in [0.15, 0.2) is 0 Å². The van der Waals surface area contributed by atoms with Gasteiger partial charge in [0, 0.05) is 4.88 Å². The first kappa shape index (κ1) is 13.5. The molecule has 0 amide bonds. The van der Waals surface area contributed by atoms with Crippen molar-refractivity contribution < 1.29 is 9.13 Å². The highest BCUT2D eigenvalue weighted by atomic mass is 32.1. The molecule has 2 rings (SSSR count). The Labute approximate surface area is 115 Å². The van der Waals surface area contributed by atoms with Gasteiger partial charge >= 0.3 is 0 Å². The predicted octanol–water partition coefficient (Wildman–Crippen LogP) is 3.49. The molecule has 0 atom stereocenters. The number of nitriles is 1. The predicted molar refractivity (Wildman–Crippen MR) is 71.5 cm³/mol. The third-order valence-corrected chi connectivity index (χ3v) is 3.64. The average Bonchev–Trinajstić information content (AvgIpc) is 2.81. The number of nitrogens with zero attached hydrogens (tertiary/aromatic N) is 2. The first-order valence-electron chi connectivity index (χ1n) is 5.95. The van der Waals surface area contributed by atoms with E-state index in [0.717, 1.165) is 22.0 Å². The highest BCUT2D eigenvalue weighted by Crippen LogP contribution is 2.21. The normalized spacial score (nSPS) is 10.2. The summed E-state index contributed by atoms with van der Waals surface area (Å²) >= 11 is 1.50. The van der Waals surface area contributed by atoms with Gasteiger partial charge < -0.3 is 4.74 Å². The van der Waals surface area contributed by atoms with Crippen molar-refractivity contribution in [2.45, 2.75) is 26.4 Å². The van der Waals surface area contributed by atoms with E-state index < -0.39 is 0 Å². The summed E-state index contributed by atoms with van der Waals surface area (Å²) in [6.07, 6.45) is 1.20. The first-order valence-corrected chi connectivity index (χ1v) is 6.77. The molecule has 0 fully saturated rings. The molecule has 0 aliphatic rings. The zero-order valence-electron chi connectivity index (χ0n) is 10.5. The zero-order valence-corrected chi connectivity index (χ0v) is 11.3. The molecule has 0 aliphatic heterocycles. The van der Waals surface area contributed by atoms with Crippen molar-refractivity contribution in [1.29, 1.82) is 5.26 Å². The van der Waals surface area contributed by atoms with Gasteiger partial charge in [-0.15, -0.1) is 11.3 Å². The highest BCUT2D eigenvalue weighted by Gasteiger charge is 2.09. The van der Waals surface area contributed by atoms with E-state index in [1.165, 1.54) is 23.5 Å². The lowest BCUT2D eigenvalue weighted by Crippen LogP contribution is -1.95. The van der Waals surface area contributed by atoms with E-state index in [1.807, 2.05) is 6.92 Å². The maximum Gasteiger partial charge on any atom is 0.140 e. The Kier molecular flexibility index (Phi) is 4.48. The summed E-state index contributed by atoms with van der Waals surface area (Å²) in [6, 6.07) is 8.02. The van der Waals surface area contributed by atoms with Crippen LogP contribution in [-0.2, 0) is 19.4 Å². The highest BCUT2D eigenvalue weighted by molar-refractivity contribution is 7.11. The van der Waals surface area contributed by atoms with Gasteiger partial charge in [-0.25, -0.2) is 9.37 Å². The van der Waals surface area contributed by atoms with Gasteiger partial charge in [-0.2, -0.15) is 5.26 Å². The number of ether oxygens (including phenoxy) is 1. The Bertz CT molecular complexity index is 586. The van der Waals surface area contributed by atoms with Crippen molar-refractivity contribution in [2.24, 2.45) is 0 Å². The Morgan fingerprint density at radius 1 is 1.37 bits per heavy atom. The number of halogens is 1. The van der Waals surface area contributed by atoms with Crippen LogP contribution in [0.2, 0.25) is 0 Å². The molecule has 98 valence electrons. The lowest BCUT2D eigenvalue weighted by Gasteiger charge is -2.02. The van der Waals surface area contributed by atoms with Crippen LogP contribution in [0.1, 0.15) is 22.5 Å². The second-order valence-corrected chi connectivity index (χ2v) is 5.08. The van der Waals surface area contributed by atoms with Gasteiger partial charge in [0.25, 0.3) is 0 Å². The Morgan fingerprint density at radius 2 is 2.11 bits per heavy atom. The standard InChI is InChI=1S/C14H13FN2OS/c1-2-12-13(7-8-16)19-14(17-12)9-18-11-5-3-10(15)4-6-11/h3-6H,2,7,9H2,1H3. The molecule has 0 saturated heterocycles. The second kappa shape index (κ2) is 6.30. The van der Waals surface area contributed by atoms with Crippen LogP contribution in [0.15, 0.2) is 24.3 Å². The minimum atomic E-state index is -0.286. The molecule has 5 heteroatoms. The van der Waals surface area contributed by atoms with Crippen LogP contribution in [0.25, 0.3) is 0 Å². The lowest BCUT2D eigenvalue weighted by molar-refractivity contribution is 0.305. The first-order chi connectivity index (χ1) is 9.22. The third kappa shape index (κ3) is 3.52. The molecule has 3 nitrogen and oxygen atoms in total. The molecule has 0 unspecified atom stereocenters. The van der Waals surface area contributed by atoms with Crippen LogP contribution >= 0.6 is 11.3 Å². The number of benzene rings is 1. The van der Waals surface area contributed by atoms with Crippen molar-refractivity contribution in [2.75, 3.05) is 0 Å². The van der Waals surface area contributed by atoms with Gasteiger partial charge in [-0.05, 0) is 30.7 Å². The molecule has 0 N–H and O–H groups in total. The smallest absolute Gasteiger partial charge is 0.140 e. The van der Waals surface area contributed by atoms with Crippen LogP contribution < -0.4 is 4.74 Å². The summed E-state index contributed by atoms with van der Waals surface area (Å²) in [7, 11) is 0. The van der Waals surface area contributed by atoms with E-state index in [4.69, 9.17) is 10.00 Å². The van der Waals surface area contributed by atoms with E-state index in [2.05, 4.69) is 11.1 Å². The maximum absolute atomic E-state index is 12.7. The molecule has 19 heavy (non-hydrogen) atoms. The summed E-state index contributed by atoms with van der Waals surface area (Å²) in [5.74, 6) is 0.322.